The van der Waals surface area contributed by atoms with Crippen molar-refractivity contribution in [2.45, 2.75) is 38.8 Å². The lowest BCUT2D eigenvalue weighted by Crippen LogP contribution is -2.32. The van der Waals surface area contributed by atoms with Crippen molar-refractivity contribution in [2.24, 2.45) is 0 Å². The summed E-state index contributed by atoms with van der Waals surface area (Å²) in [5.74, 6) is 0. The van der Waals surface area contributed by atoms with Crippen molar-refractivity contribution >= 4 is 0 Å². The first-order valence-electron chi connectivity index (χ1n) is 6.33. The van der Waals surface area contributed by atoms with E-state index in [9.17, 15) is 5.11 Å². The minimum Gasteiger partial charge on any atom is -0.387 e. The molecule has 1 fully saturated rings. The fourth-order valence-electron chi connectivity index (χ4n) is 2.44. The zero-order valence-corrected chi connectivity index (χ0v) is 10.1. The molecule has 1 aromatic rings. The Morgan fingerprint density at radius 2 is 2.00 bits per heavy atom. The first kappa shape index (κ1) is 11.7. The molecular formula is C13H22N2O. The van der Waals surface area contributed by atoms with Crippen LogP contribution in [0.3, 0.4) is 0 Å². The topological polar surface area (TPSA) is 28.4 Å². The van der Waals surface area contributed by atoms with E-state index in [1.807, 2.05) is 19.1 Å². The van der Waals surface area contributed by atoms with Gasteiger partial charge < -0.3 is 14.6 Å². The van der Waals surface area contributed by atoms with E-state index in [-0.39, 0.29) is 6.10 Å². The Morgan fingerprint density at radius 1 is 1.25 bits per heavy atom. The summed E-state index contributed by atoms with van der Waals surface area (Å²) >= 11 is 0. The number of aliphatic hydroxyl groups is 1. The quantitative estimate of drug-likeness (QED) is 0.844. The average Bonchev–Trinajstić information content (AvgIpc) is 2.76. The van der Waals surface area contributed by atoms with Gasteiger partial charge in [-0.3, -0.25) is 0 Å². The molecule has 2 heterocycles. The maximum Gasteiger partial charge on any atom is 0.0911 e. The number of rotatable bonds is 4. The fourth-order valence-corrected chi connectivity index (χ4v) is 2.44. The van der Waals surface area contributed by atoms with Gasteiger partial charge in [-0.05, 0) is 45.0 Å². The van der Waals surface area contributed by atoms with Crippen LogP contribution in [0.15, 0.2) is 18.3 Å². The Kier molecular flexibility index (Phi) is 4.02. The molecule has 0 saturated carbocycles. The van der Waals surface area contributed by atoms with Gasteiger partial charge in [-0.25, -0.2) is 0 Å². The summed E-state index contributed by atoms with van der Waals surface area (Å²) < 4.78 is 2.17. The zero-order chi connectivity index (χ0) is 11.4. The molecule has 1 aliphatic rings. The van der Waals surface area contributed by atoms with Gasteiger partial charge in [0.1, 0.15) is 0 Å². The highest BCUT2D eigenvalue weighted by atomic mass is 16.3. The molecule has 3 nitrogen and oxygen atoms in total. The largest absolute Gasteiger partial charge is 0.387 e. The number of aliphatic hydroxyl groups excluding tert-OH is 1. The van der Waals surface area contributed by atoms with E-state index in [0.29, 0.717) is 0 Å². The van der Waals surface area contributed by atoms with Crippen molar-refractivity contribution in [3.8, 4) is 0 Å². The summed E-state index contributed by atoms with van der Waals surface area (Å²) in [6, 6.07) is 4.01. The predicted octanol–water partition coefficient (Wildman–Crippen LogP) is 2.03. The third-order valence-corrected chi connectivity index (χ3v) is 3.40. The smallest absolute Gasteiger partial charge is 0.0911 e. The van der Waals surface area contributed by atoms with E-state index < -0.39 is 0 Å². The Bertz CT molecular complexity index is 313. The van der Waals surface area contributed by atoms with Crippen LogP contribution in [0.5, 0.6) is 0 Å². The Hall–Kier alpha value is -0.800. The molecule has 3 heteroatoms. The third kappa shape index (κ3) is 2.86. The Labute approximate surface area is 97.7 Å². The van der Waals surface area contributed by atoms with Gasteiger partial charge in [0.2, 0.25) is 0 Å². The second kappa shape index (κ2) is 5.51. The highest BCUT2D eigenvalue weighted by Gasteiger charge is 2.11. The highest BCUT2D eigenvalue weighted by molar-refractivity contribution is 5.09. The maximum absolute atomic E-state index is 9.60. The molecule has 0 amide bonds. The molecule has 1 aliphatic heterocycles. The third-order valence-electron chi connectivity index (χ3n) is 3.40. The second-order valence-corrected chi connectivity index (χ2v) is 4.70. The first-order chi connectivity index (χ1) is 7.77. The van der Waals surface area contributed by atoms with Crippen LogP contribution >= 0.6 is 0 Å². The van der Waals surface area contributed by atoms with Gasteiger partial charge in [0.05, 0.1) is 6.10 Å². The molecule has 0 bridgehead atoms. The molecule has 0 radical (unpaired) electrons. The molecule has 1 N–H and O–H groups in total. The number of nitrogens with zero attached hydrogens (tertiary/aromatic N) is 2. The SMILES string of the molecule is CC(O)c1cccn1CCN1CCCCC1. The van der Waals surface area contributed by atoms with Crippen LogP contribution in [0.1, 0.15) is 38.0 Å². The van der Waals surface area contributed by atoms with Crippen molar-refractivity contribution in [1.29, 1.82) is 0 Å². The maximum atomic E-state index is 9.60. The van der Waals surface area contributed by atoms with Gasteiger partial charge in [0.25, 0.3) is 0 Å². The molecule has 1 unspecified atom stereocenters. The number of likely N-dealkylation sites (tertiary alicyclic amines) is 1. The summed E-state index contributed by atoms with van der Waals surface area (Å²) in [7, 11) is 0. The number of hydrogen-bond donors (Lipinski definition) is 1. The van der Waals surface area contributed by atoms with Gasteiger partial charge in [0, 0.05) is 25.0 Å². The van der Waals surface area contributed by atoms with Crippen molar-refractivity contribution in [1.82, 2.24) is 9.47 Å². The number of aromatic nitrogens is 1. The minimum atomic E-state index is -0.364. The molecule has 2 rings (SSSR count). The molecule has 16 heavy (non-hydrogen) atoms. The fraction of sp³-hybridized carbons (Fsp3) is 0.692. The van der Waals surface area contributed by atoms with Crippen molar-refractivity contribution < 1.29 is 5.11 Å². The van der Waals surface area contributed by atoms with Gasteiger partial charge in [-0.2, -0.15) is 0 Å². The van der Waals surface area contributed by atoms with Crippen LogP contribution in [-0.4, -0.2) is 34.2 Å². The molecule has 90 valence electrons. The van der Waals surface area contributed by atoms with Crippen LogP contribution in [0.4, 0.5) is 0 Å². The zero-order valence-electron chi connectivity index (χ0n) is 10.1. The molecule has 0 spiro atoms. The minimum absolute atomic E-state index is 0.364. The predicted molar refractivity (Wildman–Crippen MR) is 65.4 cm³/mol. The van der Waals surface area contributed by atoms with Gasteiger partial charge in [0.15, 0.2) is 0 Å². The summed E-state index contributed by atoms with van der Waals surface area (Å²) in [5.41, 5.74) is 1.03. The van der Waals surface area contributed by atoms with Crippen LogP contribution in [0, 0.1) is 0 Å². The number of hydrogen-bond acceptors (Lipinski definition) is 2. The molecule has 1 atom stereocenters. The standard InChI is InChI=1S/C13H22N2O/c1-12(16)13-6-5-9-15(13)11-10-14-7-3-2-4-8-14/h5-6,9,12,16H,2-4,7-8,10-11H2,1H3. The van der Waals surface area contributed by atoms with Crippen molar-refractivity contribution in [3.63, 3.8) is 0 Å². The van der Waals surface area contributed by atoms with Crippen LogP contribution in [-0.2, 0) is 6.54 Å². The van der Waals surface area contributed by atoms with E-state index in [0.717, 1.165) is 18.8 Å². The molecule has 1 saturated heterocycles. The summed E-state index contributed by atoms with van der Waals surface area (Å²) in [6.07, 6.45) is 5.77. The lowest BCUT2D eigenvalue weighted by Gasteiger charge is -2.27. The van der Waals surface area contributed by atoms with Crippen LogP contribution < -0.4 is 0 Å². The number of piperidine rings is 1. The second-order valence-electron chi connectivity index (χ2n) is 4.70. The highest BCUT2D eigenvalue weighted by Crippen LogP contribution is 2.14. The summed E-state index contributed by atoms with van der Waals surface area (Å²) in [6.45, 7) is 6.41. The normalized spacial score (nSPS) is 19.9. The summed E-state index contributed by atoms with van der Waals surface area (Å²) in [5, 5.41) is 9.60. The molecule has 0 aliphatic carbocycles. The van der Waals surface area contributed by atoms with Crippen molar-refractivity contribution in [3.05, 3.63) is 24.0 Å². The lowest BCUT2D eigenvalue weighted by atomic mass is 10.1. The van der Waals surface area contributed by atoms with E-state index in [1.54, 1.807) is 0 Å². The lowest BCUT2D eigenvalue weighted by molar-refractivity contribution is 0.183. The Balaban J connectivity index is 1.86. The summed E-state index contributed by atoms with van der Waals surface area (Å²) in [4.78, 5) is 2.52. The first-order valence-corrected chi connectivity index (χ1v) is 6.33. The van der Waals surface area contributed by atoms with Gasteiger partial charge in [-0.15, -0.1) is 0 Å². The molecule has 1 aromatic heterocycles. The van der Waals surface area contributed by atoms with Gasteiger partial charge >= 0.3 is 0 Å². The molecule has 0 aromatic carbocycles. The Morgan fingerprint density at radius 3 is 2.69 bits per heavy atom. The monoisotopic (exact) mass is 222 g/mol. The average molecular weight is 222 g/mol. The van der Waals surface area contributed by atoms with Crippen LogP contribution in [0.2, 0.25) is 0 Å². The van der Waals surface area contributed by atoms with E-state index in [2.05, 4.69) is 15.7 Å². The van der Waals surface area contributed by atoms with E-state index in [4.69, 9.17) is 0 Å². The van der Waals surface area contributed by atoms with E-state index >= 15 is 0 Å². The van der Waals surface area contributed by atoms with Gasteiger partial charge in [-0.1, -0.05) is 6.42 Å². The van der Waals surface area contributed by atoms with Crippen molar-refractivity contribution in [2.75, 3.05) is 19.6 Å². The molecular weight excluding hydrogens is 200 g/mol. The van der Waals surface area contributed by atoms with E-state index in [1.165, 1.54) is 32.4 Å². The van der Waals surface area contributed by atoms with Crippen LogP contribution in [0.25, 0.3) is 0 Å².